The van der Waals surface area contributed by atoms with Crippen molar-refractivity contribution in [3.63, 3.8) is 0 Å². The van der Waals surface area contributed by atoms with Crippen molar-refractivity contribution in [1.29, 1.82) is 5.41 Å². The molecule has 4 rings (SSSR count). The van der Waals surface area contributed by atoms with Gasteiger partial charge in [0.25, 0.3) is 5.56 Å². The number of amides is 2. The van der Waals surface area contributed by atoms with Crippen LogP contribution in [0.15, 0.2) is 29.1 Å². The van der Waals surface area contributed by atoms with Gasteiger partial charge in [-0.3, -0.25) is 4.79 Å². The zero-order valence-corrected chi connectivity index (χ0v) is 17.3. The molecule has 1 aromatic carbocycles. The zero-order chi connectivity index (χ0) is 21.8. The van der Waals surface area contributed by atoms with E-state index in [2.05, 4.69) is 20.6 Å². The maximum absolute atomic E-state index is 13.0. The van der Waals surface area contributed by atoms with Gasteiger partial charge < -0.3 is 25.9 Å². The van der Waals surface area contributed by atoms with Crippen LogP contribution in [0.2, 0.25) is 0 Å². The highest BCUT2D eigenvalue weighted by Crippen LogP contribution is 2.26. The van der Waals surface area contributed by atoms with Gasteiger partial charge in [0.1, 0.15) is 17.5 Å². The minimum atomic E-state index is -0.336. The summed E-state index contributed by atoms with van der Waals surface area (Å²) in [6.07, 6.45) is 6.64. The normalized spacial score (nSPS) is 17.1. The first-order valence-electron chi connectivity index (χ1n) is 10.7. The van der Waals surface area contributed by atoms with Crippen molar-refractivity contribution in [2.45, 2.75) is 50.6 Å². The van der Waals surface area contributed by atoms with Crippen molar-refractivity contribution in [1.82, 2.24) is 20.2 Å². The summed E-state index contributed by atoms with van der Waals surface area (Å²) in [6.45, 7) is 1.22. The maximum atomic E-state index is 13.0. The van der Waals surface area contributed by atoms with E-state index in [0.29, 0.717) is 31.3 Å². The summed E-state index contributed by atoms with van der Waals surface area (Å²) in [5.41, 5.74) is 0.721. The number of nitrogens with zero attached hydrogens (tertiary/aromatic N) is 2. The number of halogens is 1. The first kappa shape index (κ1) is 21.0. The van der Waals surface area contributed by atoms with Crippen LogP contribution in [0.3, 0.4) is 0 Å². The molecule has 31 heavy (non-hydrogen) atoms. The number of carbonyl (C=O) groups excluding carboxylic acids is 1. The lowest BCUT2D eigenvalue weighted by atomic mass is 9.95. The molecular formula is C22H27FN6O2. The fraction of sp³-hybridized carbons (Fsp3) is 0.455. The molecule has 1 aliphatic carbocycles. The van der Waals surface area contributed by atoms with Crippen LogP contribution in [0, 0.1) is 11.2 Å². The average Bonchev–Trinajstić information content (AvgIpc) is 2.73. The summed E-state index contributed by atoms with van der Waals surface area (Å²) < 4.78 is 13.0. The van der Waals surface area contributed by atoms with Crippen molar-refractivity contribution in [2.24, 2.45) is 0 Å². The lowest BCUT2D eigenvalue weighted by molar-refractivity contribution is 0.148. The van der Waals surface area contributed by atoms with Crippen molar-refractivity contribution in [3.8, 4) is 0 Å². The van der Waals surface area contributed by atoms with Crippen LogP contribution in [0.5, 0.6) is 0 Å². The molecule has 0 spiro atoms. The van der Waals surface area contributed by atoms with E-state index in [-0.39, 0.29) is 34.9 Å². The van der Waals surface area contributed by atoms with Gasteiger partial charge in [0.05, 0.1) is 11.5 Å². The SMILES string of the molecule is N=Cc1c(NC2CCCCC2)nc(C2CN(C(=O)NCc3ccc(F)cc3)C2)[nH]c1=O. The van der Waals surface area contributed by atoms with Gasteiger partial charge in [-0.1, -0.05) is 31.4 Å². The summed E-state index contributed by atoms with van der Waals surface area (Å²) in [5, 5.41) is 13.8. The number of benzene rings is 1. The number of urea groups is 1. The second kappa shape index (κ2) is 9.28. The van der Waals surface area contributed by atoms with Crippen LogP contribution in [-0.2, 0) is 6.54 Å². The molecule has 2 fully saturated rings. The smallest absolute Gasteiger partial charge is 0.317 e. The zero-order valence-electron chi connectivity index (χ0n) is 17.3. The number of hydrogen-bond donors (Lipinski definition) is 4. The van der Waals surface area contributed by atoms with E-state index in [1.54, 1.807) is 17.0 Å². The highest BCUT2D eigenvalue weighted by molar-refractivity contribution is 5.83. The number of hydrogen-bond acceptors (Lipinski definition) is 5. The molecule has 8 nitrogen and oxygen atoms in total. The first-order valence-corrected chi connectivity index (χ1v) is 10.7. The second-order valence-electron chi connectivity index (χ2n) is 8.22. The quantitative estimate of drug-likeness (QED) is 0.532. The molecule has 164 valence electrons. The number of H-pyrrole nitrogens is 1. The summed E-state index contributed by atoms with van der Waals surface area (Å²) >= 11 is 0. The van der Waals surface area contributed by atoms with E-state index in [1.807, 2.05) is 0 Å². The molecule has 2 aliphatic rings. The van der Waals surface area contributed by atoms with Crippen molar-refractivity contribution < 1.29 is 9.18 Å². The van der Waals surface area contributed by atoms with Crippen LogP contribution in [0.4, 0.5) is 15.0 Å². The molecule has 9 heteroatoms. The molecule has 1 saturated carbocycles. The predicted molar refractivity (Wildman–Crippen MR) is 116 cm³/mol. The van der Waals surface area contributed by atoms with Gasteiger partial charge in [-0.15, -0.1) is 0 Å². The summed E-state index contributed by atoms with van der Waals surface area (Å²) in [5.74, 6) is 0.626. The monoisotopic (exact) mass is 426 g/mol. The Hall–Kier alpha value is -3.23. The average molecular weight is 426 g/mol. The highest BCUT2D eigenvalue weighted by Gasteiger charge is 2.34. The molecule has 0 unspecified atom stereocenters. The molecule has 1 aromatic heterocycles. The third-order valence-electron chi connectivity index (χ3n) is 5.98. The molecule has 2 amide bonds. The number of nitrogens with one attached hydrogen (secondary N) is 4. The number of anilines is 1. The van der Waals surface area contributed by atoms with Crippen LogP contribution in [0.25, 0.3) is 0 Å². The van der Waals surface area contributed by atoms with Crippen molar-refractivity contribution >= 4 is 18.1 Å². The standard InChI is InChI=1S/C22H27FN6O2/c23-16-8-6-14(7-9-16)11-25-22(31)29-12-15(13-29)19-27-20(18(10-24)21(30)28-19)26-17-4-2-1-3-5-17/h6-10,15,17,24H,1-5,11-13H2,(H,25,31)(H2,26,27,28,30). The number of rotatable bonds is 6. The largest absolute Gasteiger partial charge is 0.367 e. The Morgan fingerprint density at radius 1 is 1.23 bits per heavy atom. The Morgan fingerprint density at radius 2 is 1.94 bits per heavy atom. The maximum Gasteiger partial charge on any atom is 0.317 e. The van der Waals surface area contributed by atoms with Gasteiger partial charge in [0.2, 0.25) is 0 Å². The molecule has 2 aromatic rings. The van der Waals surface area contributed by atoms with Gasteiger partial charge in [0, 0.05) is 31.9 Å². The van der Waals surface area contributed by atoms with E-state index in [9.17, 15) is 14.0 Å². The minimum Gasteiger partial charge on any atom is -0.367 e. The third-order valence-corrected chi connectivity index (χ3v) is 5.98. The Morgan fingerprint density at radius 3 is 2.61 bits per heavy atom. The number of aromatic nitrogens is 2. The molecule has 4 N–H and O–H groups in total. The van der Waals surface area contributed by atoms with Crippen LogP contribution in [-0.4, -0.2) is 46.2 Å². The van der Waals surface area contributed by atoms with Crippen LogP contribution < -0.4 is 16.2 Å². The minimum absolute atomic E-state index is 0.0593. The van der Waals surface area contributed by atoms with E-state index in [4.69, 9.17) is 5.41 Å². The molecular weight excluding hydrogens is 399 g/mol. The van der Waals surface area contributed by atoms with E-state index in [1.165, 1.54) is 18.6 Å². The van der Waals surface area contributed by atoms with E-state index >= 15 is 0 Å². The molecule has 2 heterocycles. The fourth-order valence-corrected chi connectivity index (χ4v) is 4.09. The van der Waals surface area contributed by atoms with Crippen LogP contribution >= 0.6 is 0 Å². The predicted octanol–water partition coefficient (Wildman–Crippen LogP) is 2.96. The van der Waals surface area contributed by atoms with Crippen molar-refractivity contribution in [3.05, 3.63) is 57.4 Å². The van der Waals surface area contributed by atoms with Crippen molar-refractivity contribution in [2.75, 3.05) is 18.4 Å². The topological polar surface area (TPSA) is 114 Å². The number of aromatic amines is 1. The second-order valence-corrected chi connectivity index (χ2v) is 8.22. The molecule has 1 aliphatic heterocycles. The summed E-state index contributed by atoms with van der Waals surface area (Å²) in [7, 11) is 0. The Kier molecular flexibility index (Phi) is 6.29. The van der Waals surface area contributed by atoms with Crippen LogP contribution in [0.1, 0.15) is 55.0 Å². The molecule has 0 atom stereocenters. The molecule has 0 bridgehead atoms. The van der Waals surface area contributed by atoms with Gasteiger partial charge >= 0.3 is 6.03 Å². The van der Waals surface area contributed by atoms with E-state index in [0.717, 1.165) is 37.5 Å². The Bertz CT molecular complexity index is 994. The first-order chi connectivity index (χ1) is 15.0. The highest BCUT2D eigenvalue weighted by atomic mass is 19.1. The van der Waals surface area contributed by atoms with E-state index < -0.39 is 0 Å². The lowest BCUT2D eigenvalue weighted by Crippen LogP contribution is -2.53. The summed E-state index contributed by atoms with van der Waals surface area (Å²) in [6, 6.07) is 6.05. The van der Waals surface area contributed by atoms with Gasteiger partial charge in [-0.2, -0.15) is 0 Å². The Labute approximate surface area is 179 Å². The van der Waals surface area contributed by atoms with Gasteiger partial charge in [-0.05, 0) is 30.5 Å². The summed E-state index contributed by atoms with van der Waals surface area (Å²) in [4.78, 5) is 33.8. The fourth-order valence-electron chi connectivity index (χ4n) is 4.09. The lowest BCUT2D eigenvalue weighted by Gasteiger charge is -2.38. The Balaban J connectivity index is 1.36. The van der Waals surface area contributed by atoms with Gasteiger partial charge in [0.15, 0.2) is 0 Å². The third kappa shape index (κ3) is 4.92. The molecule has 0 radical (unpaired) electrons. The number of carbonyl (C=O) groups is 1. The number of likely N-dealkylation sites (tertiary alicyclic amines) is 1. The van der Waals surface area contributed by atoms with Gasteiger partial charge in [-0.25, -0.2) is 14.2 Å². The molecule has 1 saturated heterocycles.